The number of carbonyl (C=O) groups is 1. The van der Waals surface area contributed by atoms with Crippen LogP contribution in [-0.2, 0) is 17.8 Å². The average Bonchev–Trinajstić information content (AvgIpc) is 2.73. The molecule has 0 aliphatic carbocycles. The maximum atomic E-state index is 11.4. The van der Waals surface area contributed by atoms with Crippen molar-refractivity contribution in [3.8, 4) is 11.3 Å². The molecule has 3 heterocycles. The Hall–Kier alpha value is -1.56. The van der Waals surface area contributed by atoms with Gasteiger partial charge in [0.25, 0.3) is 0 Å². The van der Waals surface area contributed by atoms with Gasteiger partial charge in [0.15, 0.2) is 0 Å². The van der Waals surface area contributed by atoms with Crippen LogP contribution in [0.2, 0.25) is 10.2 Å². The van der Waals surface area contributed by atoms with Crippen LogP contribution in [0.3, 0.4) is 0 Å². The third kappa shape index (κ3) is 2.49. The van der Waals surface area contributed by atoms with E-state index in [-0.39, 0.29) is 6.42 Å². The van der Waals surface area contributed by atoms with E-state index in [1.165, 1.54) is 0 Å². The summed E-state index contributed by atoms with van der Waals surface area (Å²) in [6.07, 6.45) is 2.37. The topological polar surface area (TPSA) is 81.1 Å². The number of aliphatic hydroxyl groups excluding tert-OH is 1. The smallest absolute Gasteiger partial charge is 0.221 e. The fourth-order valence-corrected chi connectivity index (χ4v) is 3.59. The quantitative estimate of drug-likeness (QED) is 0.843. The molecule has 0 fully saturated rings. The number of fused-ring (bicyclic) bond motifs is 1. The van der Waals surface area contributed by atoms with Crippen molar-refractivity contribution in [2.75, 3.05) is 0 Å². The molecule has 1 amide bonds. The van der Waals surface area contributed by atoms with Gasteiger partial charge in [0, 0.05) is 23.9 Å². The number of aliphatic hydroxyl groups is 1. The van der Waals surface area contributed by atoms with E-state index in [4.69, 9.17) is 28.9 Å². The number of aromatic nitrogens is 2. The second-order valence-electron chi connectivity index (χ2n) is 5.32. The van der Waals surface area contributed by atoms with Crippen molar-refractivity contribution in [3.05, 3.63) is 39.8 Å². The van der Waals surface area contributed by atoms with Gasteiger partial charge in [-0.3, -0.25) is 4.79 Å². The van der Waals surface area contributed by atoms with E-state index >= 15 is 0 Å². The Morgan fingerprint density at radius 1 is 1.50 bits per heavy atom. The van der Waals surface area contributed by atoms with Crippen molar-refractivity contribution in [2.45, 2.75) is 31.9 Å². The van der Waals surface area contributed by atoms with E-state index in [0.717, 1.165) is 6.42 Å². The van der Waals surface area contributed by atoms with Crippen molar-refractivity contribution >= 4 is 29.1 Å². The first kappa shape index (κ1) is 15.3. The number of nitrogens with two attached hydrogens (primary N) is 1. The van der Waals surface area contributed by atoms with Gasteiger partial charge in [-0.15, -0.1) is 0 Å². The maximum Gasteiger partial charge on any atom is 0.221 e. The van der Waals surface area contributed by atoms with Crippen LogP contribution in [0.1, 0.15) is 30.2 Å². The number of rotatable bonds is 3. The van der Waals surface area contributed by atoms with E-state index in [0.29, 0.717) is 45.7 Å². The highest BCUT2D eigenvalue weighted by molar-refractivity contribution is 6.36. The van der Waals surface area contributed by atoms with Gasteiger partial charge in [-0.1, -0.05) is 23.2 Å². The molecule has 5 nitrogen and oxygen atoms in total. The lowest BCUT2D eigenvalue weighted by Crippen LogP contribution is -2.19. The Kier molecular flexibility index (Phi) is 4.12. The zero-order chi connectivity index (χ0) is 15.9. The molecule has 0 saturated carbocycles. The number of hydrogen-bond acceptors (Lipinski definition) is 3. The average molecular weight is 340 g/mol. The Bertz CT molecular complexity index is 743. The van der Waals surface area contributed by atoms with Crippen LogP contribution in [0, 0.1) is 0 Å². The van der Waals surface area contributed by atoms with E-state index in [1.54, 1.807) is 12.3 Å². The number of amides is 1. The zero-order valence-corrected chi connectivity index (χ0v) is 13.2. The second kappa shape index (κ2) is 5.91. The molecule has 1 atom stereocenters. The predicted octanol–water partition coefficient (Wildman–Crippen LogP) is 2.71. The third-order valence-corrected chi connectivity index (χ3v) is 4.59. The third-order valence-electron chi connectivity index (χ3n) is 3.88. The van der Waals surface area contributed by atoms with Gasteiger partial charge in [-0.2, -0.15) is 0 Å². The first-order valence-electron chi connectivity index (χ1n) is 6.98. The fourth-order valence-electron chi connectivity index (χ4n) is 3.02. The lowest BCUT2D eigenvalue weighted by atomic mass is 10.0. The lowest BCUT2D eigenvalue weighted by molar-refractivity contribution is -0.117. The van der Waals surface area contributed by atoms with Gasteiger partial charge in [0.1, 0.15) is 5.15 Å². The lowest BCUT2D eigenvalue weighted by Gasteiger charge is -2.23. The maximum absolute atomic E-state index is 11.4. The highest BCUT2D eigenvalue weighted by Gasteiger charge is 2.30. The number of hydrogen-bond donors (Lipinski definition) is 2. The molecule has 2 aromatic heterocycles. The predicted molar refractivity (Wildman–Crippen MR) is 84.8 cm³/mol. The van der Waals surface area contributed by atoms with Gasteiger partial charge in [0.2, 0.25) is 5.91 Å². The minimum Gasteiger partial charge on any atom is -0.387 e. The molecule has 1 aliphatic heterocycles. The van der Waals surface area contributed by atoms with Crippen molar-refractivity contribution < 1.29 is 9.90 Å². The molecule has 3 N–H and O–H groups in total. The van der Waals surface area contributed by atoms with Gasteiger partial charge in [-0.25, -0.2) is 4.98 Å². The number of primary amides is 1. The first-order chi connectivity index (χ1) is 10.5. The summed E-state index contributed by atoms with van der Waals surface area (Å²) in [5.74, 6) is -0.489. The molecule has 0 spiro atoms. The van der Waals surface area contributed by atoms with Crippen LogP contribution in [-0.4, -0.2) is 20.6 Å². The Morgan fingerprint density at radius 3 is 2.95 bits per heavy atom. The van der Waals surface area contributed by atoms with Crippen LogP contribution in [0.5, 0.6) is 0 Å². The summed E-state index contributed by atoms with van der Waals surface area (Å²) in [4.78, 5) is 15.4. The minimum atomic E-state index is -0.662. The SMILES string of the molecule is NC(=O)Cc1c(Cl)c(-c2cccnc2Cl)n2c1C(O)CCC2. The van der Waals surface area contributed by atoms with E-state index in [1.807, 2.05) is 10.6 Å². The normalized spacial score (nSPS) is 17.3. The highest BCUT2D eigenvalue weighted by atomic mass is 35.5. The number of halogens is 2. The van der Waals surface area contributed by atoms with Crippen LogP contribution in [0.4, 0.5) is 0 Å². The van der Waals surface area contributed by atoms with E-state index in [2.05, 4.69) is 4.98 Å². The second-order valence-corrected chi connectivity index (χ2v) is 6.06. The molecule has 7 heteroatoms. The Balaban J connectivity index is 2.27. The zero-order valence-electron chi connectivity index (χ0n) is 11.7. The number of nitrogens with zero attached hydrogens (tertiary/aromatic N) is 2. The summed E-state index contributed by atoms with van der Waals surface area (Å²) >= 11 is 12.7. The van der Waals surface area contributed by atoms with Crippen molar-refractivity contribution in [1.29, 1.82) is 0 Å². The van der Waals surface area contributed by atoms with Gasteiger partial charge >= 0.3 is 0 Å². The van der Waals surface area contributed by atoms with Gasteiger partial charge < -0.3 is 15.4 Å². The Labute approximate surface area is 137 Å². The molecule has 0 radical (unpaired) electrons. The largest absolute Gasteiger partial charge is 0.387 e. The molecular formula is C15H15Cl2N3O2. The summed E-state index contributed by atoms with van der Waals surface area (Å²) in [5.41, 5.74) is 7.93. The molecule has 1 aliphatic rings. The molecule has 116 valence electrons. The van der Waals surface area contributed by atoms with Crippen molar-refractivity contribution in [3.63, 3.8) is 0 Å². The Morgan fingerprint density at radius 2 is 2.27 bits per heavy atom. The summed E-state index contributed by atoms with van der Waals surface area (Å²) in [6.45, 7) is 0.700. The standard InChI is InChI=1S/C15H15Cl2N3O2/c16-12-9(7-11(18)22)13-10(21)4-2-6-20(13)14(12)8-3-1-5-19-15(8)17/h1,3,5,10,21H,2,4,6-7H2,(H2,18,22). The summed E-state index contributed by atoms with van der Waals surface area (Å²) < 4.78 is 1.93. The van der Waals surface area contributed by atoms with Crippen LogP contribution in [0.25, 0.3) is 11.3 Å². The minimum absolute atomic E-state index is 0.0108. The van der Waals surface area contributed by atoms with Gasteiger partial charge in [0.05, 0.1) is 28.9 Å². The van der Waals surface area contributed by atoms with Crippen molar-refractivity contribution in [2.24, 2.45) is 5.73 Å². The van der Waals surface area contributed by atoms with Gasteiger partial charge in [-0.05, 0) is 25.0 Å². The van der Waals surface area contributed by atoms with Crippen LogP contribution >= 0.6 is 23.2 Å². The molecule has 0 saturated heterocycles. The van der Waals surface area contributed by atoms with E-state index in [9.17, 15) is 9.90 Å². The first-order valence-corrected chi connectivity index (χ1v) is 7.74. The molecule has 0 bridgehead atoms. The molecule has 2 aromatic rings. The molecule has 3 rings (SSSR count). The fraction of sp³-hybridized carbons (Fsp3) is 0.333. The summed E-state index contributed by atoms with van der Waals surface area (Å²) in [7, 11) is 0. The molecule has 1 unspecified atom stereocenters. The van der Waals surface area contributed by atoms with Crippen LogP contribution in [0.15, 0.2) is 18.3 Å². The van der Waals surface area contributed by atoms with E-state index < -0.39 is 12.0 Å². The molecular weight excluding hydrogens is 325 g/mol. The van der Waals surface area contributed by atoms with Crippen molar-refractivity contribution in [1.82, 2.24) is 9.55 Å². The number of carbonyl (C=O) groups excluding carboxylic acids is 1. The van der Waals surface area contributed by atoms with Crippen LogP contribution < -0.4 is 5.73 Å². The summed E-state index contributed by atoms with van der Waals surface area (Å²) in [5, 5.41) is 11.1. The molecule has 0 aromatic carbocycles. The monoisotopic (exact) mass is 339 g/mol. The number of pyridine rings is 1. The molecule has 22 heavy (non-hydrogen) atoms. The summed E-state index contributed by atoms with van der Waals surface area (Å²) in [6, 6.07) is 3.59. The highest BCUT2D eigenvalue weighted by Crippen LogP contribution is 2.43.